The fourth-order valence-electron chi connectivity index (χ4n) is 7.72. The summed E-state index contributed by atoms with van der Waals surface area (Å²) in [5.41, 5.74) is 10.8. The van der Waals surface area contributed by atoms with Gasteiger partial charge in [-0.15, -0.1) is 11.3 Å². The molecule has 0 radical (unpaired) electrons. The fourth-order valence-corrected chi connectivity index (χ4v) is 9.14. The molecule has 0 fully saturated rings. The molecule has 5 heterocycles. The first-order valence-electron chi connectivity index (χ1n) is 16.8. The Morgan fingerprint density at radius 3 is 2.43 bits per heavy atom. The summed E-state index contributed by atoms with van der Waals surface area (Å²) in [7, 11) is 2.12. The van der Waals surface area contributed by atoms with E-state index < -0.39 is 0 Å². The number of pyridine rings is 2. The Kier molecular flexibility index (Phi) is 6.30. The lowest BCUT2D eigenvalue weighted by molar-refractivity contribution is 0.791. The Bertz CT molecular complexity index is 2690. The summed E-state index contributed by atoms with van der Waals surface area (Å²) in [6.07, 6.45) is 15.8. The van der Waals surface area contributed by atoms with Crippen molar-refractivity contribution in [2.24, 2.45) is 0 Å². The number of aromatic nitrogens is 4. The number of allylic oxidation sites excluding steroid dienone is 1. The molecule has 4 aromatic heterocycles. The second-order valence-corrected chi connectivity index (χ2v) is 14.2. The van der Waals surface area contributed by atoms with Crippen LogP contribution in [-0.4, -0.2) is 33.5 Å². The molecule has 1 atom stereocenters. The number of benzene rings is 4. The zero-order valence-corrected chi connectivity index (χ0v) is 28.0. The van der Waals surface area contributed by atoms with E-state index in [1.165, 1.54) is 42.4 Å². The monoisotopic (exact) mass is 649 g/mol. The zero-order chi connectivity index (χ0) is 32.6. The molecule has 4 aromatic carbocycles. The van der Waals surface area contributed by atoms with E-state index in [9.17, 15) is 0 Å². The number of nitrogens with zero attached hydrogens (tertiary/aromatic N) is 5. The lowest BCUT2D eigenvalue weighted by atomic mass is 9.93. The average molecular weight is 650 g/mol. The van der Waals surface area contributed by atoms with Gasteiger partial charge in [0.05, 0.1) is 22.4 Å². The van der Waals surface area contributed by atoms with Gasteiger partial charge in [-0.1, -0.05) is 91.9 Å². The van der Waals surface area contributed by atoms with Gasteiger partial charge in [0.15, 0.2) is 5.82 Å². The highest BCUT2D eigenvalue weighted by atomic mass is 32.1. The largest absolute Gasteiger partial charge is 0.369 e. The van der Waals surface area contributed by atoms with Gasteiger partial charge in [0.25, 0.3) is 0 Å². The number of hydrogen-bond acceptors (Lipinski definition) is 6. The van der Waals surface area contributed by atoms with Gasteiger partial charge in [-0.25, -0.2) is 15.0 Å². The van der Waals surface area contributed by atoms with Crippen LogP contribution in [-0.2, 0) is 0 Å². The molecule has 1 aliphatic carbocycles. The molecule has 1 unspecified atom stereocenters. The van der Waals surface area contributed by atoms with E-state index in [-0.39, 0.29) is 0 Å². The van der Waals surface area contributed by atoms with E-state index in [0.717, 1.165) is 62.9 Å². The summed E-state index contributed by atoms with van der Waals surface area (Å²) in [5.74, 6) is 1.23. The molecule has 10 rings (SSSR count). The van der Waals surface area contributed by atoms with Gasteiger partial charge in [0.1, 0.15) is 0 Å². The summed E-state index contributed by atoms with van der Waals surface area (Å²) >= 11 is 1.96. The van der Waals surface area contributed by atoms with Gasteiger partial charge in [0, 0.05) is 90.9 Å². The molecule has 5 nitrogen and oxygen atoms in total. The van der Waals surface area contributed by atoms with Crippen molar-refractivity contribution < 1.29 is 0 Å². The van der Waals surface area contributed by atoms with Gasteiger partial charge >= 0.3 is 0 Å². The summed E-state index contributed by atoms with van der Waals surface area (Å²) in [6.45, 7) is 3.22. The molecule has 234 valence electrons. The highest BCUT2D eigenvalue weighted by Gasteiger charge is 2.22. The van der Waals surface area contributed by atoms with Crippen molar-refractivity contribution in [2.45, 2.75) is 19.3 Å². The predicted octanol–water partition coefficient (Wildman–Crippen LogP) is 10.9. The minimum Gasteiger partial charge on any atom is -0.369 e. The average Bonchev–Trinajstić information content (AvgIpc) is 3.54. The van der Waals surface area contributed by atoms with E-state index in [2.05, 4.69) is 116 Å². The van der Waals surface area contributed by atoms with Crippen molar-refractivity contribution in [3.8, 4) is 33.8 Å². The Labute approximate surface area is 288 Å². The minimum atomic E-state index is 0.539. The highest BCUT2D eigenvalue weighted by molar-refractivity contribution is 7.20. The summed E-state index contributed by atoms with van der Waals surface area (Å²) in [4.78, 5) is 23.4. The van der Waals surface area contributed by atoms with E-state index in [1.807, 2.05) is 36.0 Å². The van der Waals surface area contributed by atoms with Gasteiger partial charge < -0.3 is 4.90 Å². The lowest BCUT2D eigenvalue weighted by Gasteiger charge is -2.26. The minimum absolute atomic E-state index is 0.539. The van der Waals surface area contributed by atoms with Crippen molar-refractivity contribution in [1.29, 1.82) is 0 Å². The first kappa shape index (κ1) is 28.3. The SMILES string of the molecule is CC1CC=Cc2c1sc1c2ccc2c(-c3ccc(-c4ncc(-c5cc6c(c7ncccc57)N(C)CC=C6)cn4)cc3)nc3ccccc3c21. The second kappa shape index (κ2) is 10.9. The molecule has 49 heavy (non-hydrogen) atoms. The number of fused-ring (bicyclic) bond motifs is 10. The number of anilines is 1. The molecule has 0 N–H and O–H groups in total. The number of likely N-dealkylation sites (N-methyl/N-ethyl adjacent to an activating group) is 1. The standard InChI is InChI=1S/C43H31N5S/c1-25-8-5-11-31-32-18-19-34-37(42(32)49-41(25)31)33-10-3-4-13-36(33)47-38(34)26-14-16-27(17-15-26)43-45-23-29(24-46-43)35-22-28-9-7-21-48(2)40(28)39-30(35)12-6-20-44-39/h3-7,9-20,22-25H,8,21H2,1-2H3. The first-order chi connectivity index (χ1) is 24.1. The van der Waals surface area contributed by atoms with Crippen LogP contribution >= 0.6 is 11.3 Å². The predicted molar refractivity (Wildman–Crippen MR) is 206 cm³/mol. The lowest BCUT2D eigenvalue weighted by Crippen LogP contribution is -2.21. The maximum Gasteiger partial charge on any atom is 0.159 e. The van der Waals surface area contributed by atoms with Crippen LogP contribution in [0.5, 0.6) is 0 Å². The number of para-hydroxylation sites is 1. The van der Waals surface area contributed by atoms with E-state index in [1.54, 1.807) is 0 Å². The third-order valence-electron chi connectivity index (χ3n) is 10.1. The van der Waals surface area contributed by atoms with Gasteiger partial charge in [-0.3, -0.25) is 4.98 Å². The van der Waals surface area contributed by atoms with E-state index in [0.29, 0.717) is 11.7 Å². The molecule has 6 heteroatoms. The van der Waals surface area contributed by atoms with Crippen LogP contribution < -0.4 is 4.90 Å². The van der Waals surface area contributed by atoms with Crippen LogP contribution in [0.2, 0.25) is 0 Å². The van der Waals surface area contributed by atoms with E-state index in [4.69, 9.17) is 19.9 Å². The van der Waals surface area contributed by atoms with Crippen molar-refractivity contribution in [3.05, 3.63) is 126 Å². The van der Waals surface area contributed by atoms with Gasteiger partial charge in [0.2, 0.25) is 0 Å². The van der Waals surface area contributed by atoms with Crippen LogP contribution in [0, 0.1) is 0 Å². The van der Waals surface area contributed by atoms with E-state index >= 15 is 0 Å². The maximum absolute atomic E-state index is 5.23. The Morgan fingerprint density at radius 2 is 1.55 bits per heavy atom. The normalized spacial score (nSPS) is 15.4. The van der Waals surface area contributed by atoms with Gasteiger partial charge in [-0.2, -0.15) is 0 Å². The van der Waals surface area contributed by atoms with Crippen LogP contribution in [0.4, 0.5) is 5.69 Å². The summed E-state index contributed by atoms with van der Waals surface area (Å²) in [5, 5.41) is 6.13. The number of rotatable bonds is 3. The molecule has 1 aliphatic heterocycles. The summed E-state index contributed by atoms with van der Waals surface area (Å²) in [6, 6.07) is 28.0. The van der Waals surface area contributed by atoms with Gasteiger partial charge in [-0.05, 0) is 41.7 Å². The maximum atomic E-state index is 5.23. The first-order valence-corrected chi connectivity index (χ1v) is 17.6. The van der Waals surface area contributed by atoms with Crippen molar-refractivity contribution in [3.63, 3.8) is 0 Å². The second-order valence-electron chi connectivity index (χ2n) is 13.2. The number of hydrogen-bond donors (Lipinski definition) is 0. The molecular weight excluding hydrogens is 619 g/mol. The molecule has 2 aliphatic rings. The van der Waals surface area contributed by atoms with Crippen LogP contribution in [0.15, 0.2) is 110 Å². The van der Waals surface area contributed by atoms with Crippen LogP contribution in [0.3, 0.4) is 0 Å². The summed E-state index contributed by atoms with van der Waals surface area (Å²) < 4.78 is 1.36. The van der Waals surface area contributed by atoms with Crippen molar-refractivity contribution in [1.82, 2.24) is 19.9 Å². The smallest absolute Gasteiger partial charge is 0.159 e. The van der Waals surface area contributed by atoms with Crippen molar-refractivity contribution in [2.75, 3.05) is 18.5 Å². The highest BCUT2D eigenvalue weighted by Crippen LogP contribution is 2.46. The Balaban J connectivity index is 1.05. The van der Waals surface area contributed by atoms with Crippen LogP contribution in [0.1, 0.15) is 35.3 Å². The fraction of sp³-hybridized carbons (Fsp3) is 0.116. The Morgan fingerprint density at radius 1 is 0.755 bits per heavy atom. The Hall–Kier alpha value is -5.72. The molecule has 0 amide bonds. The third-order valence-corrected chi connectivity index (χ3v) is 11.6. The molecule has 0 spiro atoms. The quantitative estimate of drug-likeness (QED) is 0.178. The topological polar surface area (TPSA) is 54.8 Å². The molecule has 8 aromatic rings. The number of thiophene rings is 1. The molecule has 0 saturated heterocycles. The molecule has 0 saturated carbocycles. The zero-order valence-electron chi connectivity index (χ0n) is 27.2. The molecule has 0 bridgehead atoms. The van der Waals surface area contributed by atoms with Crippen LogP contribution in [0.25, 0.3) is 88.6 Å². The third kappa shape index (κ3) is 4.37. The molecular formula is C43H31N5S. The van der Waals surface area contributed by atoms with Crippen molar-refractivity contribution >= 4 is 71.8 Å².